The maximum atomic E-state index is 14.4. The van der Waals surface area contributed by atoms with Gasteiger partial charge in [-0.2, -0.15) is 0 Å². The molecule has 3 aliphatic rings. The number of likely N-dealkylation sites (tertiary alicyclic amines) is 1. The number of carbonyl (C=O) groups excluding carboxylic acids is 1. The highest BCUT2D eigenvalue weighted by Gasteiger charge is 2.31. The maximum Gasteiger partial charge on any atom is 0.162 e. The minimum Gasteiger partial charge on any atom is -0.375 e. The number of halogens is 2. The monoisotopic (exact) mass is 392 g/mol. The second-order valence-electron chi connectivity index (χ2n) is 8.48. The lowest BCUT2D eigenvalue weighted by atomic mass is 9.89. The van der Waals surface area contributed by atoms with Crippen molar-refractivity contribution >= 4 is 11.5 Å². The van der Waals surface area contributed by atoms with E-state index in [1.165, 1.54) is 26.2 Å². The molecule has 0 N–H and O–H groups in total. The smallest absolute Gasteiger partial charge is 0.162 e. The van der Waals surface area contributed by atoms with Gasteiger partial charge >= 0.3 is 0 Å². The van der Waals surface area contributed by atoms with Gasteiger partial charge < -0.3 is 14.5 Å². The Balaban J connectivity index is 1.27. The number of benzene rings is 1. The minimum absolute atomic E-state index is 0.187. The number of anilines is 1. The largest absolute Gasteiger partial charge is 0.375 e. The van der Waals surface area contributed by atoms with E-state index in [4.69, 9.17) is 4.74 Å². The molecule has 0 atom stereocenters. The van der Waals surface area contributed by atoms with E-state index in [2.05, 4.69) is 4.90 Å². The lowest BCUT2D eigenvalue weighted by molar-refractivity contribution is -0.0598. The molecule has 0 radical (unpaired) electrons. The molecule has 0 unspecified atom stereocenters. The Morgan fingerprint density at radius 2 is 1.54 bits per heavy atom. The normalized spacial score (nSPS) is 23.0. The van der Waals surface area contributed by atoms with Crippen LogP contribution in [0.1, 0.15) is 62.2 Å². The third-order valence-corrected chi connectivity index (χ3v) is 6.65. The summed E-state index contributed by atoms with van der Waals surface area (Å²) in [7, 11) is 0. The van der Waals surface area contributed by atoms with E-state index >= 15 is 0 Å². The van der Waals surface area contributed by atoms with E-state index in [1.54, 1.807) is 0 Å². The Labute approximate surface area is 165 Å². The minimum atomic E-state index is -0.652. The molecule has 3 fully saturated rings. The van der Waals surface area contributed by atoms with Gasteiger partial charge in [-0.15, -0.1) is 0 Å². The highest BCUT2D eigenvalue weighted by atomic mass is 19.1. The van der Waals surface area contributed by atoms with E-state index < -0.39 is 17.4 Å². The standard InChI is InChI=1S/C22H30F2N2O2/c1-15(27)19-13-21(24)22(14-20(19)23)26-11-7-18(8-12-26)28-17-5-9-25(10-6-17)16-3-2-4-16/h13-14,16-18H,2-12H2,1H3. The van der Waals surface area contributed by atoms with Crippen LogP contribution in [0.3, 0.4) is 0 Å². The molecule has 0 spiro atoms. The summed E-state index contributed by atoms with van der Waals surface area (Å²) in [4.78, 5) is 15.9. The molecule has 2 heterocycles. The summed E-state index contributed by atoms with van der Waals surface area (Å²) in [5.41, 5.74) is 0.0578. The van der Waals surface area contributed by atoms with E-state index in [0.717, 1.165) is 56.9 Å². The fraction of sp³-hybridized carbons (Fsp3) is 0.682. The summed E-state index contributed by atoms with van der Waals surface area (Å²) < 4.78 is 34.8. The van der Waals surface area contributed by atoms with Gasteiger partial charge in [0.15, 0.2) is 5.78 Å². The van der Waals surface area contributed by atoms with Crippen LogP contribution in [0.4, 0.5) is 14.5 Å². The number of ether oxygens (including phenoxy) is 1. The molecular weight excluding hydrogens is 362 g/mol. The zero-order chi connectivity index (χ0) is 19.7. The van der Waals surface area contributed by atoms with Gasteiger partial charge in [0.1, 0.15) is 11.6 Å². The molecule has 1 aromatic carbocycles. The maximum absolute atomic E-state index is 14.4. The number of hydrogen-bond donors (Lipinski definition) is 0. The highest BCUT2D eigenvalue weighted by Crippen LogP contribution is 2.30. The van der Waals surface area contributed by atoms with Crippen LogP contribution in [0.15, 0.2) is 12.1 Å². The van der Waals surface area contributed by atoms with Gasteiger partial charge in [0, 0.05) is 38.3 Å². The predicted molar refractivity (Wildman–Crippen MR) is 105 cm³/mol. The Morgan fingerprint density at radius 3 is 2.07 bits per heavy atom. The molecule has 1 aliphatic carbocycles. The van der Waals surface area contributed by atoms with Gasteiger partial charge in [-0.05, 0) is 51.5 Å². The van der Waals surface area contributed by atoms with E-state index in [-0.39, 0.29) is 17.4 Å². The number of rotatable bonds is 5. The van der Waals surface area contributed by atoms with Gasteiger partial charge in [-0.25, -0.2) is 8.78 Å². The van der Waals surface area contributed by atoms with Crippen LogP contribution in [0.25, 0.3) is 0 Å². The molecule has 0 bridgehead atoms. The number of piperidine rings is 2. The SMILES string of the molecule is CC(=O)c1cc(F)c(N2CCC(OC3CCN(C4CCC4)CC3)CC2)cc1F. The summed E-state index contributed by atoms with van der Waals surface area (Å²) in [6.07, 6.45) is 8.45. The van der Waals surface area contributed by atoms with Crippen LogP contribution in [0, 0.1) is 11.6 Å². The first-order valence-corrected chi connectivity index (χ1v) is 10.7. The molecule has 4 nitrogen and oxygen atoms in total. The molecule has 4 rings (SSSR count). The fourth-order valence-corrected chi connectivity index (χ4v) is 4.68. The molecule has 2 saturated heterocycles. The Kier molecular flexibility index (Phi) is 5.97. The van der Waals surface area contributed by atoms with Gasteiger partial charge in [0.25, 0.3) is 0 Å². The van der Waals surface area contributed by atoms with Crippen LogP contribution >= 0.6 is 0 Å². The first-order chi connectivity index (χ1) is 13.5. The average molecular weight is 392 g/mol. The summed E-state index contributed by atoms with van der Waals surface area (Å²) in [5, 5.41) is 0. The second-order valence-corrected chi connectivity index (χ2v) is 8.48. The molecule has 154 valence electrons. The quantitative estimate of drug-likeness (QED) is 0.704. The lowest BCUT2D eigenvalue weighted by Gasteiger charge is -2.43. The summed E-state index contributed by atoms with van der Waals surface area (Å²) in [5.74, 6) is -1.65. The molecule has 0 aromatic heterocycles. The number of nitrogens with zero attached hydrogens (tertiary/aromatic N) is 2. The van der Waals surface area contributed by atoms with Crippen LogP contribution in [0.5, 0.6) is 0 Å². The molecule has 2 aliphatic heterocycles. The van der Waals surface area contributed by atoms with Crippen LogP contribution in [-0.2, 0) is 4.74 Å². The average Bonchev–Trinajstić information content (AvgIpc) is 2.64. The van der Waals surface area contributed by atoms with Crippen molar-refractivity contribution in [2.75, 3.05) is 31.1 Å². The van der Waals surface area contributed by atoms with E-state index in [0.29, 0.717) is 19.2 Å². The first-order valence-electron chi connectivity index (χ1n) is 10.7. The Morgan fingerprint density at radius 1 is 0.929 bits per heavy atom. The van der Waals surface area contributed by atoms with Crippen LogP contribution < -0.4 is 4.90 Å². The fourth-order valence-electron chi connectivity index (χ4n) is 4.68. The summed E-state index contributed by atoms with van der Waals surface area (Å²) in [6, 6.07) is 2.99. The van der Waals surface area contributed by atoms with Crippen LogP contribution in [0.2, 0.25) is 0 Å². The van der Waals surface area contributed by atoms with E-state index in [9.17, 15) is 13.6 Å². The third kappa shape index (κ3) is 4.23. The van der Waals surface area contributed by atoms with Crippen molar-refractivity contribution in [1.29, 1.82) is 0 Å². The Bertz CT molecular complexity index is 707. The van der Waals surface area contributed by atoms with Gasteiger partial charge in [0.2, 0.25) is 0 Å². The van der Waals surface area contributed by atoms with Crippen molar-refractivity contribution in [1.82, 2.24) is 4.90 Å². The van der Waals surface area contributed by atoms with Gasteiger partial charge in [-0.1, -0.05) is 6.42 Å². The summed E-state index contributed by atoms with van der Waals surface area (Å²) >= 11 is 0. The molecular formula is C22H30F2N2O2. The van der Waals surface area contributed by atoms with Gasteiger partial charge in [0.05, 0.1) is 23.5 Å². The van der Waals surface area contributed by atoms with Crippen LogP contribution in [-0.4, -0.2) is 55.1 Å². The number of hydrogen-bond acceptors (Lipinski definition) is 4. The zero-order valence-corrected chi connectivity index (χ0v) is 16.6. The summed E-state index contributed by atoms with van der Waals surface area (Å²) in [6.45, 7) is 4.81. The van der Waals surface area contributed by atoms with Crippen molar-refractivity contribution in [3.05, 3.63) is 29.3 Å². The zero-order valence-electron chi connectivity index (χ0n) is 16.6. The van der Waals surface area contributed by atoms with Crippen molar-refractivity contribution in [2.24, 2.45) is 0 Å². The van der Waals surface area contributed by atoms with Crippen molar-refractivity contribution in [3.63, 3.8) is 0 Å². The molecule has 28 heavy (non-hydrogen) atoms. The first kappa shape index (κ1) is 19.8. The molecule has 1 saturated carbocycles. The predicted octanol–water partition coefficient (Wildman–Crippen LogP) is 4.17. The van der Waals surface area contributed by atoms with E-state index in [1.807, 2.05) is 4.90 Å². The molecule has 0 amide bonds. The topological polar surface area (TPSA) is 32.8 Å². The second kappa shape index (κ2) is 8.46. The van der Waals surface area contributed by atoms with Gasteiger partial charge in [-0.3, -0.25) is 4.79 Å². The third-order valence-electron chi connectivity index (χ3n) is 6.65. The number of Topliss-reactive ketones (excluding diaryl/α,β-unsaturated/α-hetero) is 1. The number of ketones is 1. The lowest BCUT2D eigenvalue weighted by Crippen LogP contribution is -2.47. The Hall–Kier alpha value is -1.53. The number of carbonyl (C=O) groups is 1. The highest BCUT2D eigenvalue weighted by molar-refractivity contribution is 5.94. The van der Waals surface area contributed by atoms with Crippen molar-refractivity contribution < 1.29 is 18.3 Å². The molecule has 1 aromatic rings. The molecule has 6 heteroatoms. The van der Waals surface area contributed by atoms with Crippen molar-refractivity contribution in [3.8, 4) is 0 Å². The van der Waals surface area contributed by atoms with Crippen molar-refractivity contribution in [2.45, 2.75) is 70.1 Å².